The molecule has 1 N–H and O–H groups in total. The van der Waals surface area contributed by atoms with Gasteiger partial charge in [-0.25, -0.2) is 0 Å². The van der Waals surface area contributed by atoms with Crippen molar-refractivity contribution in [2.45, 2.75) is 49.6 Å². The Labute approximate surface area is 183 Å². The van der Waals surface area contributed by atoms with Gasteiger partial charge in [0, 0.05) is 11.4 Å². The summed E-state index contributed by atoms with van der Waals surface area (Å²) < 4.78 is 5.97. The lowest BCUT2D eigenvalue weighted by Gasteiger charge is -2.39. The van der Waals surface area contributed by atoms with Gasteiger partial charge in [0.25, 0.3) is 0 Å². The number of nitrogens with one attached hydrogen (secondary N) is 1. The van der Waals surface area contributed by atoms with Crippen molar-refractivity contribution in [3.8, 4) is 5.75 Å². The fourth-order valence-electron chi connectivity index (χ4n) is 3.47. The van der Waals surface area contributed by atoms with Gasteiger partial charge in [-0.15, -0.1) is 11.8 Å². The molecule has 6 heteroatoms. The number of hydrogen-bond acceptors (Lipinski definition) is 4. The molecule has 0 spiro atoms. The maximum atomic E-state index is 12.2. The van der Waals surface area contributed by atoms with Crippen molar-refractivity contribution in [2.75, 3.05) is 19.3 Å². The van der Waals surface area contributed by atoms with E-state index in [-0.39, 0.29) is 24.6 Å². The fraction of sp³-hybridized carbons (Fsp3) is 0.417. The lowest BCUT2D eigenvalue weighted by atomic mass is 10.1. The molecule has 0 aromatic heterocycles. The van der Waals surface area contributed by atoms with Crippen molar-refractivity contribution in [3.05, 3.63) is 60.2 Å². The molecule has 2 aromatic rings. The summed E-state index contributed by atoms with van der Waals surface area (Å²) in [5, 5.41) is 2.93. The number of carbonyl (C=O) groups excluding carboxylic acids is 2. The number of β-lactam (4-membered cyclic amide) rings is 1. The first-order valence-electron chi connectivity index (χ1n) is 10.6. The van der Waals surface area contributed by atoms with E-state index >= 15 is 0 Å². The third-order valence-electron chi connectivity index (χ3n) is 5.22. The molecule has 30 heavy (non-hydrogen) atoms. The number of benzene rings is 2. The normalized spacial score (nSPS) is 15.6. The van der Waals surface area contributed by atoms with Gasteiger partial charge < -0.3 is 10.1 Å². The van der Waals surface area contributed by atoms with Crippen LogP contribution in [0.3, 0.4) is 0 Å². The number of para-hydroxylation sites is 1. The quantitative estimate of drug-likeness (QED) is 0.313. The standard InChI is InChI=1S/C24H30N2O3S/c1-30-21-15-9-8-14-20(21)29-24-17-23(28)26(24)18-22(27)25-16-10-3-2-5-11-19-12-6-4-7-13-19/h4,6-9,12-15,24H,2-3,5,10-11,16-18H2,1H3,(H,25,27). The van der Waals surface area contributed by atoms with Crippen molar-refractivity contribution in [3.63, 3.8) is 0 Å². The maximum Gasteiger partial charge on any atom is 0.239 e. The van der Waals surface area contributed by atoms with Crippen LogP contribution in [0, 0.1) is 0 Å². The summed E-state index contributed by atoms with van der Waals surface area (Å²) in [4.78, 5) is 26.7. The number of carbonyl (C=O) groups is 2. The second-order valence-corrected chi connectivity index (χ2v) is 8.30. The summed E-state index contributed by atoms with van der Waals surface area (Å²) in [5.41, 5.74) is 1.38. The highest BCUT2D eigenvalue weighted by Gasteiger charge is 2.39. The van der Waals surface area contributed by atoms with Crippen LogP contribution in [0.5, 0.6) is 5.75 Å². The number of likely N-dealkylation sites (tertiary alicyclic amines) is 1. The van der Waals surface area contributed by atoms with Crippen LogP contribution < -0.4 is 10.1 Å². The number of amides is 2. The average Bonchev–Trinajstić information content (AvgIpc) is 2.77. The van der Waals surface area contributed by atoms with Crippen molar-refractivity contribution in [1.29, 1.82) is 0 Å². The second kappa shape index (κ2) is 11.6. The Hall–Kier alpha value is -2.47. The lowest BCUT2D eigenvalue weighted by molar-refractivity contribution is -0.163. The molecule has 1 aliphatic heterocycles. The molecule has 0 saturated carbocycles. The van der Waals surface area contributed by atoms with Crippen LogP contribution in [-0.2, 0) is 16.0 Å². The van der Waals surface area contributed by atoms with Gasteiger partial charge in [-0.2, -0.15) is 0 Å². The average molecular weight is 427 g/mol. The van der Waals surface area contributed by atoms with Crippen molar-refractivity contribution in [2.24, 2.45) is 0 Å². The topological polar surface area (TPSA) is 58.6 Å². The fourth-order valence-corrected chi connectivity index (χ4v) is 4.01. The predicted octanol–water partition coefficient (Wildman–Crippen LogP) is 4.27. The molecule has 1 aliphatic rings. The molecule has 2 aromatic carbocycles. The third kappa shape index (κ3) is 6.52. The van der Waals surface area contributed by atoms with Crippen LogP contribution in [0.15, 0.2) is 59.5 Å². The van der Waals surface area contributed by atoms with Gasteiger partial charge in [0.1, 0.15) is 12.3 Å². The molecule has 0 aliphatic carbocycles. The Kier molecular flexibility index (Phi) is 8.63. The Morgan fingerprint density at radius 3 is 2.57 bits per heavy atom. The minimum Gasteiger partial charge on any atom is -0.469 e. The Balaban J connectivity index is 1.30. The first kappa shape index (κ1) is 22.2. The first-order valence-corrected chi connectivity index (χ1v) is 11.8. The number of hydrogen-bond donors (Lipinski definition) is 1. The Morgan fingerprint density at radius 2 is 1.80 bits per heavy atom. The van der Waals surface area contributed by atoms with E-state index in [1.54, 1.807) is 11.8 Å². The molecule has 1 fully saturated rings. The Morgan fingerprint density at radius 1 is 1.07 bits per heavy atom. The van der Waals surface area contributed by atoms with Crippen LogP contribution in [0.2, 0.25) is 0 Å². The van der Waals surface area contributed by atoms with Crippen molar-refractivity contribution >= 4 is 23.6 Å². The number of thioether (sulfide) groups is 1. The zero-order valence-electron chi connectivity index (χ0n) is 17.5. The summed E-state index contributed by atoms with van der Waals surface area (Å²) in [7, 11) is 0. The highest BCUT2D eigenvalue weighted by molar-refractivity contribution is 7.98. The van der Waals surface area contributed by atoms with Gasteiger partial charge in [0.05, 0.1) is 6.42 Å². The summed E-state index contributed by atoms with van der Waals surface area (Å²) in [6.45, 7) is 0.700. The highest BCUT2D eigenvalue weighted by Crippen LogP contribution is 2.31. The van der Waals surface area contributed by atoms with E-state index < -0.39 is 0 Å². The molecule has 1 unspecified atom stereocenters. The molecular weight excluding hydrogens is 396 g/mol. The van der Waals surface area contributed by atoms with E-state index in [1.807, 2.05) is 36.6 Å². The molecule has 5 nitrogen and oxygen atoms in total. The zero-order chi connectivity index (χ0) is 21.2. The van der Waals surface area contributed by atoms with Gasteiger partial charge in [0.15, 0.2) is 6.23 Å². The largest absolute Gasteiger partial charge is 0.469 e. The SMILES string of the molecule is CSc1ccccc1OC1CC(=O)N1CC(=O)NCCCCCCc1ccccc1. The maximum absolute atomic E-state index is 12.2. The van der Waals surface area contributed by atoms with Crippen LogP contribution in [0.25, 0.3) is 0 Å². The molecule has 2 amide bonds. The predicted molar refractivity (Wildman–Crippen MR) is 121 cm³/mol. The minimum absolute atomic E-state index is 0.0438. The summed E-state index contributed by atoms with van der Waals surface area (Å²) in [6, 6.07) is 18.3. The van der Waals surface area contributed by atoms with Crippen LogP contribution in [-0.4, -0.2) is 42.3 Å². The number of aryl methyl sites for hydroxylation is 1. The van der Waals surface area contributed by atoms with E-state index in [0.29, 0.717) is 13.0 Å². The summed E-state index contributed by atoms with van der Waals surface area (Å²) >= 11 is 1.60. The molecule has 0 bridgehead atoms. The molecular formula is C24H30N2O3S. The van der Waals surface area contributed by atoms with E-state index in [0.717, 1.165) is 42.7 Å². The van der Waals surface area contributed by atoms with Gasteiger partial charge >= 0.3 is 0 Å². The van der Waals surface area contributed by atoms with Gasteiger partial charge in [-0.1, -0.05) is 55.3 Å². The number of ether oxygens (including phenoxy) is 1. The zero-order valence-corrected chi connectivity index (χ0v) is 18.3. The number of rotatable bonds is 12. The van der Waals surface area contributed by atoms with E-state index in [4.69, 9.17) is 4.74 Å². The minimum atomic E-state index is -0.366. The van der Waals surface area contributed by atoms with Crippen LogP contribution >= 0.6 is 11.8 Å². The highest BCUT2D eigenvalue weighted by atomic mass is 32.2. The molecule has 1 heterocycles. The molecule has 3 rings (SSSR count). The molecule has 1 saturated heterocycles. The van der Waals surface area contributed by atoms with Crippen LogP contribution in [0.4, 0.5) is 0 Å². The lowest BCUT2D eigenvalue weighted by Crippen LogP contribution is -2.58. The third-order valence-corrected chi connectivity index (χ3v) is 6.00. The van der Waals surface area contributed by atoms with Gasteiger partial charge in [0.2, 0.25) is 11.8 Å². The number of nitrogens with zero attached hydrogens (tertiary/aromatic N) is 1. The molecule has 1 atom stereocenters. The number of unbranched alkanes of at least 4 members (excludes halogenated alkanes) is 3. The summed E-state index contributed by atoms with van der Waals surface area (Å²) in [6.07, 6.45) is 7.40. The smallest absolute Gasteiger partial charge is 0.239 e. The first-order chi connectivity index (χ1) is 14.7. The second-order valence-electron chi connectivity index (χ2n) is 7.45. The van der Waals surface area contributed by atoms with Crippen molar-refractivity contribution < 1.29 is 14.3 Å². The van der Waals surface area contributed by atoms with E-state index in [1.165, 1.54) is 10.5 Å². The van der Waals surface area contributed by atoms with Gasteiger partial charge in [-0.05, 0) is 43.2 Å². The monoisotopic (exact) mass is 426 g/mol. The van der Waals surface area contributed by atoms with E-state index in [2.05, 4.69) is 29.6 Å². The molecule has 0 radical (unpaired) electrons. The van der Waals surface area contributed by atoms with Crippen LogP contribution in [0.1, 0.15) is 37.7 Å². The van der Waals surface area contributed by atoms with Gasteiger partial charge in [-0.3, -0.25) is 14.5 Å². The molecule has 160 valence electrons. The van der Waals surface area contributed by atoms with Crippen molar-refractivity contribution in [1.82, 2.24) is 10.2 Å². The summed E-state index contributed by atoms with van der Waals surface area (Å²) in [5.74, 6) is 0.584. The Bertz CT molecular complexity index is 828. The van der Waals surface area contributed by atoms with E-state index in [9.17, 15) is 9.59 Å².